The van der Waals surface area contributed by atoms with Crippen LogP contribution in [0.3, 0.4) is 0 Å². The van der Waals surface area contributed by atoms with E-state index in [1.165, 1.54) is 0 Å². The van der Waals surface area contributed by atoms with Gasteiger partial charge in [-0.1, -0.05) is 12.1 Å². The van der Waals surface area contributed by atoms with Gasteiger partial charge in [0.2, 0.25) is 0 Å². The highest BCUT2D eigenvalue weighted by Crippen LogP contribution is 2.13. The first-order valence-corrected chi connectivity index (χ1v) is 6.77. The van der Waals surface area contributed by atoms with Gasteiger partial charge in [-0.15, -0.1) is 0 Å². The zero-order chi connectivity index (χ0) is 13.5. The number of aliphatic hydroxyl groups excluding tert-OH is 1. The number of rotatable bonds is 5. The van der Waals surface area contributed by atoms with Crippen molar-refractivity contribution in [2.45, 2.75) is 25.4 Å². The highest BCUT2D eigenvalue weighted by Gasteiger charge is 2.16. The first-order valence-electron chi connectivity index (χ1n) is 6.77. The van der Waals surface area contributed by atoms with Crippen molar-refractivity contribution in [1.82, 2.24) is 4.90 Å². The first-order chi connectivity index (χ1) is 9.28. The Labute approximate surface area is 114 Å². The van der Waals surface area contributed by atoms with E-state index in [9.17, 15) is 5.11 Å². The quantitative estimate of drug-likeness (QED) is 0.873. The lowest BCUT2D eigenvalue weighted by Crippen LogP contribution is -2.38. The van der Waals surface area contributed by atoms with Crippen LogP contribution in [0.2, 0.25) is 0 Å². The van der Waals surface area contributed by atoms with E-state index in [4.69, 9.17) is 10.00 Å². The summed E-state index contributed by atoms with van der Waals surface area (Å²) in [7, 11) is 0. The van der Waals surface area contributed by atoms with Crippen molar-refractivity contribution >= 4 is 0 Å². The smallest absolute Gasteiger partial charge is 0.119 e. The molecule has 102 valence electrons. The molecule has 1 N–H and O–H groups in total. The van der Waals surface area contributed by atoms with Gasteiger partial charge in [-0.2, -0.15) is 5.26 Å². The predicted molar refractivity (Wildman–Crippen MR) is 72.9 cm³/mol. The van der Waals surface area contributed by atoms with Crippen LogP contribution in [0.15, 0.2) is 24.3 Å². The highest BCUT2D eigenvalue weighted by molar-refractivity contribution is 5.28. The topological polar surface area (TPSA) is 56.5 Å². The second kappa shape index (κ2) is 7.13. The monoisotopic (exact) mass is 260 g/mol. The third kappa shape index (κ3) is 4.55. The van der Waals surface area contributed by atoms with E-state index in [0.29, 0.717) is 13.0 Å². The Balaban J connectivity index is 1.69. The SMILES string of the molecule is N#CCc1ccc(OCCN2CCC(O)CC2)cc1. The molecule has 2 rings (SSSR count). The van der Waals surface area contributed by atoms with Crippen LogP contribution in [-0.4, -0.2) is 42.4 Å². The summed E-state index contributed by atoms with van der Waals surface area (Å²) < 4.78 is 5.68. The zero-order valence-electron chi connectivity index (χ0n) is 11.1. The zero-order valence-corrected chi connectivity index (χ0v) is 11.1. The fraction of sp³-hybridized carbons (Fsp3) is 0.533. The standard InChI is InChI=1S/C15H20N2O2/c16-8-5-13-1-3-15(4-2-13)19-12-11-17-9-6-14(18)7-10-17/h1-4,14,18H,5-7,9-12H2. The second-order valence-corrected chi connectivity index (χ2v) is 4.90. The number of piperidine rings is 1. The molecule has 0 aromatic heterocycles. The van der Waals surface area contributed by atoms with Gasteiger partial charge in [-0.05, 0) is 30.5 Å². The molecule has 4 nitrogen and oxygen atoms in total. The Hall–Kier alpha value is -1.57. The Morgan fingerprint density at radius 1 is 1.26 bits per heavy atom. The van der Waals surface area contributed by atoms with Crippen molar-refractivity contribution in [1.29, 1.82) is 5.26 Å². The summed E-state index contributed by atoms with van der Waals surface area (Å²) in [6.45, 7) is 3.46. The summed E-state index contributed by atoms with van der Waals surface area (Å²) in [6.07, 6.45) is 2.05. The van der Waals surface area contributed by atoms with Crippen molar-refractivity contribution in [2.75, 3.05) is 26.2 Å². The predicted octanol–water partition coefficient (Wildman–Crippen LogP) is 1.59. The Morgan fingerprint density at radius 3 is 2.58 bits per heavy atom. The number of likely N-dealkylation sites (tertiary alicyclic amines) is 1. The van der Waals surface area contributed by atoms with Gasteiger partial charge in [0.25, 0.3) is 0 Å². The van der Waals surface area contributed by atoms with E-state index in [1.54, 1.807) is 0 Å². The molecule has 1 aliphatic rings. The van der Waals surface area contributed by atoms with Crippen LogP contribution >= 0.6 is 0 Å². The normalized spacial score (nSPS) is 17.1. The maximum atomic E-state index is 9.42. The van der Waals surface area contributed by atoms with E-state index in [-0.39, 0.29) is 6.10 Å². The fourth-order valence-electron chi connectivity index (χ4n) is 2.23. The lowest BCUT2D eigenvalue weighted by molar-refractivity contribution is 0.0755. The number of nitriles is 1. The lowest BCUT2D eigenvalue weighted by atomic mass is 10.1. The number of hydrogen-bond acceptors (Lipinski definition) is 4. The first kappa shape index (κ1) is 13.9. The average Bonchev–Trinajstić information content (AvgIpc) is 2.43. The molecule has 4 heteroatoms. The van der Waals surface area contributed by atoms with E-state index >= 15 is 0 Å². The molecule has 0 unspecified atom stereocenters. The van der Waals surface area contributed by atoms with E-state index in [2.05, 4.69) is 11.0 Å². The molecule has 19 heavy (non-hydrogen) atoms. The molecule has 0 aliphatic carbocycles. The summed E-state index contributed by atoms with van der Waals surface area (Å²) in [5, 5.41) is 18.0. The molecular formula is C15H20N2O2. The maximum absolute atomic E-state index is 9.42. The maximum Gasteiger partial charge on any atom is 0.119 e. The van der Waals surface area contributed by atoms with Gasteiger partial charge in [0, 0.05) is 19.6 Å². The number of aliphatic hydroxyl groups is 1. The van der Waals surface area contributed by atoms with Crippen molar-refractivity contribution in [3.8, 4) is 11.8 Å². The van der Waals surface area contributed by atoms with Crippen LogP contribution in [0.5, 0.6) is 5.75 Å². The third-order valence-corrected chi connectivity index (χ3v) is 3.44. The van der Waals surface area contributed by atoms with Gasteiger partial charge in [-0.3, -0.25) is 4.90 Å². The molecule has 0 spiro atoms. The Kier molecular flexibility index (Phi) is 5.20. The summed E-state index contributed by atoms with van der Waals surface area (Å²) in [4.78, 5) is 2.32. The summed E-state index contributed by atoms with van der Waals surface area (Å²) >= 11 is 0. The fourth-order valence-corrected chi connectivity index (χ4v) is 2.23. The van der Waals surface area contributed by atoms with E-state index < -0.39 is 0 Å². The number of nitrogens with zero attached hydrogens (tertiary/aromatic N) is 2. The summed E-state index contributed by atoms with van der Waals surface area (Å²) in [5.41, 5.74) is 1.01. The van der Waals surface area contributed by atoms with Crippen LogP contribution in [0.1, 0.15) is 18.4 Å². The van der Waals surface area contributed by atoms with Gasteiger partial charge in [0.1, 0.15) is 12.4 Å². The largest absolute Gasteiger partial charge is 0.492 e. The van der Waals surface area contributed by atoms with Gasteiger partial charge in [0.05, 0.1) is 18.6 Å². The van der Waals surface area contributed by atoms with Crippen molar-refractivity contribution < 1.29 is 9.84 Å². The second-order valence-electron chi connectivity index (χ2n) is 4.90. The van der Waals surface area contributed by atoms with Crippen LogP contribution in [0.25, 0.3) is 0 Å². The molecule has 1 fully saturated rings. The van der Waals surface area contributed by atoms with Gasteiger partial charge >= 0.3 is 0 Å². The Bertz CT molecular complexity index is 417. The van der Waals surface area contributed by atoms with Crippen LogP contribution in [-0.2, 0) is 6.42 Å². The van der Waals surface area contributed by atoms with Crippen molar-refractivity contribution in [3.05, 3.63) is 29.8 Å². The van der Waals surface area contributed by atoms with Gasteiger partial charge < -0.3 is 9.84 Å². The molecule has 0 atom stereocenters. The summed E-state index contributed by atoms with van der Waals surface area (Å²) in [6, 6.07) is 9.80. The number of ether oxygens (including phenoxy) is 1. The van der Waals surface area contributed by atoms with Crippen LogP contribution in [0.4, 0.5) is 0 Å². The van der Waals surface area contributed by atoms with Gasteiger partial charge in [-0.25, -0.2) is 0 Å². The average molecular weight is 260 g/mol. The summed E-state index contributed by atoms with van der Waals surface area (Å²) in [5.74, 6) is 0.846. The number of hydrogen-bond donors (Lipinski definition) is 1. The van der Waals surface area contributed by atoms with Gasteiger partial charge in [0.15, 0.2) is 0 Å². The molecule has 1 saturated heterocycles. The molecule has 1 aromatic rings. The van der Waals surface area contributed by atoms with Crippen molar-refractivity contribution in [2.24, 2.45) is 0 Å². The minimum atomic E-state index is -0.121. The number of benzene rings is 1. The lowest BCUT2D eigenvalue weighted by Gasteiger charge is -2.29. The van der Waals surface area contributed by atoms with Crippen molar-refractivity contribution in [3.63, 3.8) is 0 Å². The molecule has 0 amide bonds. The van der Waals surface area contributed by atoms with Crippen LogP contribution < -0.4 is 4.74 Å². The third-order valence-electron chi connectivity index (χ3n) is 3.44. The molecule has 0 saturated carbocycles. The molecule has 0 radical (unpaired) electrons. The minimum Gasteiger partial charge on any atom is -0.492 e. The minimum absolute atomic E-state index is 0.121. The molecule has 1 aromatic carbocycles. The molecular weight excluding hydrogens is 240 g/mol. The molecule has 1 aliphatic heterocycles. The molecule has 0 bridgehead atoms. The van der Waals surface area contributed by atoms with E-state index in [1.807, 2.05) is 24.3 Å². The van der Waals surface area contributed by atoms with E-state index in [0.717, 1.165) is 43.8 Å². The molecule has 1 heterocycles. The highest BCUT2D eigenvalue weighted by atomic mass is 16.5. The Morgan fingerprint density at radius 2 is 1.95 bits per heavy atom. The van der Waals surface area contributed by atoms with Crippen LogP contribution in [0, 0.1) is 11.3 Å².